The number of carboxylic acid groups (broad SMARTS) is 1. The number of rotatable bonds is 3. The van der Waals surface area contributed by atoms with Crippen molar-refractivity contribution in [2.45, 2.75) is 25.2 Å². The highest BCUT2D eigenvalue weighted by atomic mass is 16.4. The molecule has 1 spiro atoms. The molecule has 1 aromatic carbocycles. The van der Waals surface area contributed by atoms with E-state index in [1.165, 1.54) is 31.0 Å². The molecule has 1 saturated heterocycles. The van der Waals surface area contributed by atoms with Gasteiger partial charge in [0.1, 0.15) is 5.82 Å². The van der Waals surface area contributed by atoms with Crippen molar-refractivity contribution in [2.24, 2.45) is 5.41 Å². The van der Waals surface area contributed by atoms with Gasteiger partial charge >= 0.3 is 5.97 Å². The molecule has 4 rings (SSSR count). The Bertz CT molecular complexity index is 708. The zero-order valence-corrected chi connectivity index (χ0v) is 13.0. The molecule has 1 aromatic heterocycles. The molecule has 2 aliphatic rings. The van der Waals surface area contributed by atoms with E-state index in [4.69, 9.17) is 5.11 Å². The molecule has 23 heavy (non-hydrogen) atoms. The normalized spacial score (nSPS) is 22.1. The predicted molar refractivity (Wildman–Crippen MR) is 88.9 cm³/mol. The Kier molecular flexibility index (Phi) is 3.33. The van der Waals surface area contributed by atoms with Crippen molar-refractivity contribution in [3.8, 4) is 0 Å². The van der Waals surface area contributed by atoms with Gasteiger partial charge in [-0.05, 0) is 36.0 Å². The first-order chi connectivity index (χ1) is 11.2. The molecule has 1 atom stereocenters. The van der Waals surface area contributed by atoms with Crippen LogP contribution in [0, 0.1) is 5.41 Å². The molecule has 1 aliphatic heterocycles. The summed E-state index contributed by atoms with van der Waals surface area (Å²) in [6.45, 7) is 1.98. The van der Waals surface area contributed by atoms with Gasteiger partial charge in [0.25, 0.3) is 0 Å². The zero-order chi connectivity index (χ0) is 15.9. The number of pyridine rings is 1. The van der Waals surface area contributed by atoms with Gasteiger partial charge in [-0.15, -0.1) is 0 Å². The molecule has 2 aromatic rings. The van der Waals surface area contributed by atoms with Gasteiger partial charge in [-0.1, -0.05) is 36.8 Å². The van der Waals surface area contributed by atoms with E-state index in [9.17, 15) is 4.79 Å². The number of aromatic carboxylic acids is 1. The summed E-state index contributed by atoms with van der Waals surface area (Å²) in [5.41, 5.74) is 2.02. The van der Waals surface area contributed by atoms with Crippen LogP contribution in [-0.4, -0.2) is 29.1 Å². The van der Waals surface area contributed by atoms with Gasteiger partial charge in [-0.25, -0.2) is 9.78 Å². The summed E-state index contributed by atoms with van der Waals surface area (Å²) in [6.07, 6.45) is 5.32. The quantitative estimate of drug-likeness (QED) is 0.942. The Balaban J connectivity index is 1.61. The molecule has 4 nitrogen and oxygen atoms in total. The van der Waals surface area contributed by atoms with Crippen LogP contribution in [0.15, 0.2) is 48.7 Å². The molecule has 1 aliphatic carbocycles. The maximum absolute atomic E-state index is 11.0. The number of hydrogen-bond acceptors (Lipinski definition) is 3. The Morgan fingerprint density at radius 3 is 2.52 bits per heavy atom. The molecule has 0 amide bonds. The van der Waals surface area contributed by atoms with Gasteiger partial charge < -0.3 is 10.0 Å². The minimum Gasteiger partial charge on any atom is -0.478 e. The fourth-order valence-corrected chi connectivity index (χ4v) is 4.12. The third-order valence-electron chi connectivity index (χ3n) is 5.52. The lowest BCUT2D eigenvalue weighted by molar-refractivity contribution is 0.0696. The summed E-state index contributed by atoms with van der Waals surface area (Å²) in [6, 6.07) is 14.2. The van der Waals surface area contributed by atoms with Gasteiger partial charge in [0.05, 0.1) is 5.56 Å². The zero-order valence-electron chi connectivity index (χ0n) is 13.0. The Hall–Kier alpha value is -2.36. The van der Waals surface area contributed by atoms with E-state index >= 15 is 0 Å². The van der Waals surface area contributed by atoms with Crippen LogP contribution >= 0.6 is 0 Å². The lowest BCUT2D eigenvalue weighted by atomic mass is 9.61. The van der Waals surface area contributed by atoms with Gasteiger partial charge in [-0.2, -0.15) is 0 Å². The Labute approximate surface area is 135 Å². The molecule has 1 N–H and O–H groups in total. The van der Waals surface area contributed by atoms with Crippen LogP contribution in [0.3, 0.4) is 0 Å². The molecule has 0 bridgehead atoms. The molecule has 0 radical (unpaired) electrons. The lowest BCUT2D eigenvalue weighted by Crippen LogP contribution is -2.36. The summed E-state index contributed by atoms with van der Waals surface area (Å²) >= 11 is 0. The number of carbonyl (C=O) groups is 1. The summed E-state index contributed by atoms with van der Waals surface area (Å²) in [5, 5.41) is 9.01. The van der Waals surface area contributed by atoms with Crippen molar-refractivity contribution in [2.75, 3.05) is 18.0 Å². The molecular weight excluding hydrogens is 288 g/mol. The monoisotopic (exact) mass is 308 g/mol. The van der Waals surface area contributed by atoms with Crippen LogP contribution in [-0.2, 0) is 0 Å². The van der Waals surface area contributed by atoms with Crippen LogP contribution in [0.1, 0.15) is 41.1 Å². The summed E-state index contributed by atoms with van der Waals surface area (Å²) in [7, 11) is 0. The second kappa shape index (κ2) is 5.37. The van der Waals surface area contributed by atoms with Gasteiger partial charge in [0, 0.05) is 25.2 Å². The maximum atomic E-state index is 11.0. The van der Waals surface area contributed by atoms with Crippen LogP contribution in [0.2, 0.25) is 0 Å². The van der Waals surface area contributed by atoms with Crippen molar-refractivity contribution in [1.29, 1.82) is 0 Å². The molecule has 118 valence electrons. The Morgan fingerprint density at radius 2 is 1.96 bits per heavy atom. The van der Waals surface area contributed by atoms with Crippen LogP contribution in [0.25, 0.3) is 0 Å². The van der Waals surface area contributed by atoms with E-state index in [2.05, 4.69) is 40.2 Å². The van der Waals surface area contributed by atoms with E-state index in [1.807, 2.05) is 6.07 Å². The van der Waals surface area contributed by atoms with Gasteiger partial charge in [0.15, 0.2) is 0 Å². The molecule has 1 unspecified atom stereocenters. The first-order valence-corrected chi connectivity index (χ1v) is 8.17. The van der Waals surface area contributed by atoms with Crippen LogP contribution < -0.4 is 4.90 Å². The topological polar surface area (TPSA) is 53.4 Å². The smallest absolute Gasteiger partial charge is 0.337 e. The number of nitrogens with zero attached hydrogens (tertiary/aromatic N) is 2. The SMILES string of the molecule is O=C(O)c1ccc(N2CC(c3ccccc3)C3(CCC3)C2)nc1. The van der Waals surface area contributed by atoms with Crippen molar-refractivity contribution < 1.29 is 9.90 Å². The van der Waals surface area contributed by atoms with E-state index < -0.39 is 5.97 Å². The fourth-order valence-electron chi connectivity index (χ4n) is 4.12. The number of hydrogen-bond donors (Lipinski definition) is 1. The largest absolute Gasteiger partial charge is 0.478 e. The first-order valence-electron chi connectivity index (χ1n) is 8.17. The van der Waals surface area contributed by atoms with E-state index in [-0.39, 0.29) is 5.56 Å². The molecular formula is C19H20N2O2. The Morgan fingerprint density at radius 1 is 1.17 bits per heavy atom. The highest BCUT2D eigenvalue weighted by Gasteiger charge is 2.50. The van der Waals surface area contributed by atoms with E-state index in [0.29, 0.717) is 11.3 Å². The van der Waals surface area contributed by atoms with Crippen LogP contribution in [0.4, 0.5) is 5.82 Å². The molecule has 2 fully saturated rings. The van der Waals surface area contributed by atoms with Crippen molar-refractivity contribution in [3.05, 3.63) is 59.8 Å². The number of carboxylic acids is 1. The molecule has 2 heterocycles. The number of anilines is 1. The number of aromatic nitrogens is 1. The van der Waals surface area contributed by atoms with Crippen molar-refractivity contribution in [3.63, 3.8) is 0 Å². The molecule has 4 heteroatoms. The van der Waals surface area contributed by atoms with Gasteiger partial charge in [-0.3, -0.25) is 0 Å². The van der Waals surface area contributed by atoms with E-state index in [0.717, 1.165) is 18.9 Å². The van der Waals surface area contributed by atoms with Crippen molar-refractivity contribution in [1.82, 2.24) is 4.98 Å². The average molecular weight is 308 g/mol. The highest BCUT2D eigenvalue weighted by Crippen LogP contribution is 2.56. The molecule has 1 saturated carbocycles. The average Bonchev–Trinajstić information content (AvgIpc) is 2.97. The van der Waals surface area contributed by atoms with Gasteiger partial charge in [0.2, 0.25) is 0 Å². The minimum atomic E-state index is -0.928. The maximum Gasteiger partial charge on any atom is 0.337 e. The summed E-state index contributed by atoms with van der Waals surface area (Å²) in [4.78, 5) is 17.7. The summed E-state index contributed by atoms with van der Waals surface area (Å²) in [5.74, 6) is 0.501. The lowest BCUT2D eigenvalue weighted by Gasteiger charge is -2.43. The predicted octanol–water partition coefficient (Wildman–Crippen LogP) is 3.55. The first kappa shape index (κ1) is 14.2. The highest BCUT2D eigenvalue weighted by molar-refractivity contribution is 5.87. The third kappa shape index (κ3) is 2.38. The third-order valence-corrected chi connectivity index (χ3v) is 5.52. The standard InChI is InChI=1S/C19H20N2O2/c22-18(23)15-7-8-17(20-11-15)21-12-16(14-5-2-1-3-6-14)19(13-21)9-4-10-19/h1-3,5-8,11,16H,4,9-10,12-13H2,(H,22,23). The number of benzene rings is 1. The second-order valence-corrected chi connectivity index (χ2v) is 6.77. The second-order valence-electron chi connectivity index (χ2n) is 6.77. The fraction of sp³-hybridized carbons (Fsp3) is 0.368. The van der Waals surface area contributed by atoms with Crippen molar-refractivity contribution >= 4 is 11.8 Å². The van der Waals surface area contributed by atoms with Crippen LogP contribution in [0.5, 0.6) is 0 Å². The van der Waals surface area contributed by atoms with E-state index in [1.54, 1.807) is 6.07 Å². The summed E-state index contributed by atoms with van der Waals surface area (Å²) < 4.78 is 0. The minimum absolute atomic E-state index is 0.242.